The molecule has 0 aliphatic carbocycles. The van der Waals surface area contributed by atoms with Gasteiger partial charge in [0.05, 0.1) is 24.3 Å². The molecule has 51 heavy (non-hydrogen) atoms. The van der Waals surface area contributed by atoms with Gasteiger partial charge in [-0.1, -0.05) is 40.5 Å². The first-order chi connectivity index (χ1) is 24.2. The molecule has 1 heterocycles. The Balaban J connectivity index is 0.00000442. The van der Waals surface area contributed by atoms with Crippen LogP contribution in [-0.2, 0) is 17.7 Å². The summed E-state index contributed by atoms with van der Waals surface area (Å²) in [5.41, 5.74) is 2.33. The summed E-state index contributed by atoms with van der Waals surface area (Å²) in [5, 5.41) is 9.78. The lowest BCUT2D eigenvalue weighted by molar-refractivity contribution is 0.0490. The van der Waals surface area contributed by atoms with Crippen LogP contribution in [0.5, 0.6) is 0 Å². The third-order valence-electron chi connectivity index (χ3n) is 6.72. The van der Waals surface area contributed by atoms with Gasteiger partial charge in [0.15, 0.2) is 16.6 Å². The first-order valence-corrected chi connectivity index (χ1v) is 26.8. The molecule has 0 fully saturated rings. The second kappa shape index (κ2) is 22.3. The van der Waals surface area contributed by atoms with Gasteiger partial charge in [0, 0.05) is 17.9 Å². The van der Waals surface area contributed by atoms with E-state index in [0.29, 0.717) is 60.1 Å². The van der Waals surface area contributed by atoms with Crippen molar-refractivity contribution in [2.75, 3.05) is 35.7 Å². The first kappa shape index (κ1) is 43.5. The van der Waals surface area contributed by atoms with Crippen molar-refractivity contribution < 1.29 is 27.3 Å². The maximum Gasteiger partial charge on any atom is 0.338 e. The molecule has 0 aliphatic rings. The van der Waals surface area contributed by atoms with Crippen molar-refractivity contribution in [1.82, 2.24) is 15.0 Å². The van der Waals surface area contributed by atoms with E-state index in [4.69, 9.17) is 17.7 Å². The lowest BCUT2D eigenvalue weighted by Crippen LogP contribution is -2.43. The summed E-state index contributed by atoms with van der Waals surface area (Å²) in [6.07, 6.45) is 4.41. The largest absolute Gasteiger partial charge is 0.462 e. The van der Waals surface area contributed by atoms with Gasteiger partial charge in [-0.25, -0.2) is 9.59 Å². The number of ether oxygens (including phenoxy) is 2. The Kier molecular flexibility index (Phi) is 19.1. The van der Waals surface area contributed by atoms with Crippen LogP contribution in [0, 0.1) is 0 Å². The highest BCUT2D eigenvalue weighted by molar-refractivity contribution is 6.81. The van der Waals surface area contributed by atoms with Crippen LogP contribution < -0.4 is 16.0 Å². The summed E-state index contributed by atoms with van der Waals surface area (Å²) in [5.74, 6) is 0.308. The van der Waals surface area contributed by atoms with Gasteiger partial charge in [0.25, 0.3) is 0 Å². The molecule has 0 radical (unpaired) electrons. The Labute approximate surface area is 309 Å². The number of nitrogens with zero attached hydrogens (tertiary/aromatic N) is 3. The zero-order valence-corrected chi connectivity index (χ0v) is 35.5. The molecule has 0 saturated heterocycles. The number of carbonyl (C=O) groups excluding carboxylic acids is 2. The number of unbranched alkanes of at least 4 members (excludes halogenated alkanes) is 2. The summed E-state index contributed by atoms with van der Waals surface area (Å²) in [6, 6.07) is 14.8. The fourth-order valence-electron chi connectivity index (χ4n) is 4.39. The SMILES string of the molecule is CC.CCCCOC(=O)c1ccc(Nc2nc(NCCC[SiH](O[Si](C)(C)C)O[Si](C)(C)C)nc(Nc3ccc(C(=O)OCCCC)cc3)n2)cc1. The average Bonchev–Trinajstić information content (AvgIpc) is 3.07. The van der Waals surface area contributed by atoms with Crippen LogP contribution in [0.25, 0.3) is 0 Å². The topological polar surface area (TPSA) is 146 Å². The standard InChI is InChI=1S/C34H54N6O6Si3.C2H6/c1-9-11-23-43-30(41)26-14-18-28(19-15-26)36-33-38-32(35-22-13-25-47(45-48(3,4)5)46-49(6,7)8)39-34(40-33)37-29-20-16-27(17-21-29)31(42)44-24-12-10-2;1-2/h14-21,47H,9-13,22-25H2,1-8H3,(H3,35,36,37,38,39,40);1-2H3. The van der Waals surface area contributed by atoms with Crippen LogP contribution in [0.4, 0.5) is 29.2 Å². The van der Waals surface area contributed by atoms with Gasteiger partial charge in [-0.05, 0) is 113 Å². The fourth-order valence-corrected chi connectivity index (χ4v) is 12.8. The van der Waals surface area contributed by atoms with Crippen LogP contribution in [0.1, 0.15) is 80.5 Å². The summed E-state index contributed by atoms with van der Waals surface area (Å²) >= 11 is 0. The van der Waals surface area contributed by atoms with Crippen molar-refractivity contribution in [1.29, 1.82) is 0 Å². The normalized spacial score (nSPS) is 11.4. The summed E-state index contributed by atoms with van der Waals surface area (Å²) in [7, 11) is -5.29. The minimum absolute atomic E-state index is 0.311. The lowest BCUT2D eigenvalue weighted by atomic mass is 10.2. The van der Waals surface area contributed by atoms with E-state index in [0.717, 1.165) is 38.1 Å². The van der Waals surface area contributed by atoms with Crippen LogP contribution in [0.15, 0.2) is 48.5 Å². The number of aromatic nitrogens is 3. The van der Waals surface area contributed by atoms with E-state index in [1.165, 1.54) is 0 Å². The van der Waals surface area contributed by atoms with Gasteiger partial charge in [0.1, 0.15) is 0 Å². The molecule has 12 nitrogen and oxygen atoms in total. The van der Waals surface area contributed by atoms with Gasteiger partial charge in [-0.2, -0.15) is 15.0 Å². The molecule has 0 unspecified atom stereocenters. The van der Waals surface area contributed by atoms with Crippen molar-refractivity contribution in [3.05, 3.63) is 59.7 Å². The molecule has 3 rings (SSSR count). The number of esters is 2. The third kappa shape index (κ3) is 17.9. The minimum atomic E-state index is -1.82. The van der Waals surface area contributed by atoms with Crippen molar-refractivity contribution in [3.8, 4) is 0 Å². The molecular formula is C36H60N6O6Si3. The molecule has 0 bridgehead atoms. The zero-order chi connectivity index (χ0) is 37.9. The molecule has 0 atom stereocenters. The Morgan fingerprint density at radius 3 is 1.39 bits per heavy atom. The van der Waals surface area contributed by atoms with Gasteiger partial charge < -0.3 is 33.7 Å². The maximum atomic E-state index is 12.3. The molecule has 0 amide bonds. The predicted molar refractivity (Wildman–Crippen MR) is 215 cm³/mol. The van der Waals surface area contributed by atoms with Crippen molar-refractivity contribution in [2.45, 2.75) is 105 Å². The van der Waals surface area contributed by atoms with E-state index in [2.05, 4.69) is 70.2 Å². The van der Waals surface area contributed by atoms with E-state index in [1.54, 1.807) is 48.5 Å². The highest BCUT2D eigenvalue weighted by Crippen LogP contribution is 2.21. The van der Waals surface area contributed by atoms with E-state index in [-0.39, 0.29) is 11.9 Å². The zero-order valence-electron chi connectivity index (χ0n) is 32.4. The van der Waals surface area contributed by atoms with Gasteiger partial charge >= 0.3 is 21.2 Å². The Morgan fingerprint density at radius 2 is 1.02 bits per heavy atom. The number of nitrogens with one attached hydrogen (secondary N) is 3. The van der Waals surface area contributed by atoms with Crippen molar-refractivity contribution >= 4 is 67.1 Å². The van der Waals surface area contributed by atoms with E-state index in [9.17, 15) is 9.59 Å². The predicted octanol–water partition coefficient (Wildman–Crippen LogP) is 9.02. The Hall–Kier alpha value is -3.64. The van der Waals surface area contributed by atoms with E-state index < -0.39 is 25.9 Å². The van der Waals surface area contributed by atoms with Crippen LogP contribution in [-0.4, -0.2) is 72.6 Å². The highest BCUT2D eigenvalue weighted by atomic mass is 28.4. The molecule has 2 aromatic carbocycles. The molecule has 0 spiro atoms. The number of hydrogen-bond acceptors (Lipinski definition) is 12. The molecule has 3 aromatic rings. The van der Waals surface area contributed by atoms with E-state index >= 15 is 0 Å². The summed E-state index contributed by atoms with van der Waals surface area (Å²) < 4.78 is 23.6. The van der Waals surface area contributed by atoms with Gasteiger partial charge in [0.2, 0.25) is 17.8 Å². The maximum absolute atomic E-state index is 12.3. The number of carbonyl (C=O) groups is 2. The second-order valence-electron chi connectivity index (χ2n) is 13.6. The van der Waals surface area contributed by atoms with Crippen molar-refractivity contribution in [2.24, 2.45) is 0 Å². The third-order valence-corrected chi connectivity index (χ3v) is 15.4. The Bertz CT molecular complexity index is 1370. The lowest BCUT2D eigenvalue weighted by Gasteiger charge is -2.30. The number of rotatable bonds is 21. The number of hydrogen-bond donors (Lipinski definition) is 3. The van der Waals surface area contributed by atoms with Gasteiger partial charge in [-0.3, -0.25) is 0 Å². The molecule has 282 valence electrons. The average molecular weight is 757 g/mol. The Morgan fingerprint density at radius 1 is 0.627 bits per heavy atom. The van der Waals surface area contributed by atoms with Crippen LogP contribution in [0.3, 0.4) is 0 Å². The fraction of sp³-hybridized carbons (Fsp3) is 0.528. The highest BCUT2D eigenvalue weighted by Gasteiger charge is 2.28. The monoisotopic (exact) mass is 756 g/mol. The van der Waals surface area contributed by atoms with E-state index in [1.807, 2.05) is 27.7 Å². The molecule has 0 saturated carbocycles. The molecule has 0 aliphatic heterocycles. The number of benzene rings is 2. The minimum Gasteiger partial charge on any atom is -0.462 e. The second-order valence-corrected chi connectivity index (χ2v) is 25.4. The van der Waals surface area contributed by atoms with Crippen molar-refractivity contribution in [3.63, 3.8) is 0 Å². The quantitative estimate of drug-likeness (QED) is 0.0542. The molecular weight excluding hydrogens is 697 g/mol. The van der Waals surface area contributed by atoms with Crippen LogP contribution in [0.2, 0.25) is 45.3 Å². The smallest absolute Gasteiger partial charge is 0.338 e. The van der Waals surface area contributed by atoms with Gasteiger partial charge in [-0.15, -0.1) is 0 Å². The first-order valence-electron chi connectivity index (χ1n) is 18.2. The molecule has 15 heteroatoms. The summed E-state index contributed by atoms with van der Waals surface area (Å²) in [6.45, 7) is 22.7. The van der Waals surface area contributed by atoms with Crippen LogP contribution >= 0.6 is 0 Å². The summed E-state index contributed by atoms with van der Waals surface area (Å²) in [4.78, 5) is 38.5. The molecule has 3 N–H and O–H groups in total. The number of anilines is 5. The molecule has 1 aromatic heterocycles.